The normalized spacial score (nSPS) is 20.5. The maximum atomic E-state index is 9.19. The third-order valence-corrected chi connectivity index (χ3v) is 2.42. The zero-order chi connectivity index (χ0) is 8.55. The average Bonchev–Trinajstić information content (AvgIpc) is 2.32. The van der Waals surface area contributed by atoms with Crippen molar-refractivity contribution < 1.29 is 9.52 Å². The molecule has 1 atom stereocenters. The van der Waals surface area contributed by atoms with Gasteiger partial charge in [-0.15, -0.1) is 0 Å². The van der Waals surface area contributed by atoms with Gasteiger partial charge in [0.1, 0.15) is 12.0 Å². The van der Waals surface area contributed by atoms with Crippen LogP contribution >= 0.6 is 0 Å². The van der Waals surface area contributed by atoms with Gasteiger partial charge in [0.25, 0.3) is 0 Å². The Balaban J connectivity index is 2.12. The maximum Gasteiger partial charge on any atom is 0.197 e. The molecule has 0 aliphatic heterocycles. The first-order valence-corrected chi connectivity index (χ1v) is 4.41. The predicted octanol–water partition coefficient (Wildman–Crippen LogP) is 2.00. The van der Waals surface area contributed by atoms with Gasteiger partial charge in [-0.1, -0.05) is 6.42 Å². The van der Waals surface area contributed by atoms with Crippen LogP contribution in [0.1, 0.15) is 49.8 Å². The first kappa shape index (κ1) is 7.80. The molecule has 0 spiro atoms. The van der Waals surface area contributed by atoms with Crippen molar-refractivity contribution in [1.82, 2.24) is 4.98 Å². The molecule has 1 aromatic heterocycles. The Morgan fingerprint density at radius 3 is 2.83 bits per heavy atom. The molecule has 66 valence electrons. The molecule has 2 rings (SSSR count). The number of aliphatic hydroxyl groups is 1. The molecule has 1 N–H and O–H groups in total. The monoisotopic (exact) mass is 167 g/mol. The fourth-order valence-electron chi connectivity index (χ4n) is 1.34. The molecule has 1 fully saturated rings. The smallest absolute Gasteiger partial charge is 0.197 e. The molecule has 0 amide bonds. The van der Waals surface area contributed by atoms with E-state index in [0.29, 0.717) is 11.6 Å². The molecule has 1 aromatic rings. The van der Waals surface area contributed by atoms with E-state index in [1.165, 1.54) is 19.3 Å². The lowest BCUT2D eigenvalue weighted by Crippen LogP contribution is -2.09. The summed E-state index contributed by atoms with van der Waals surface area (Å²) in [6.45, 7) is 1.70. The van der Waals surface area contributed by atoms with Crippen LogP contribution in [0, 0.1) is 0 Å². The molecule has 1 aliphatic carbocycles. The number of aromatic nitrogens is 1. The lowest BCUT2D eigenvalue weighted by atomic mass is 9.85. The van der Waals surface area contributed by atoms with Crippen LogP contribution in [0.3, 0.4) is 0 Å². The van der Waals surface area contributed by atoms with Crippen LogP contribution in [-0.2, 0) is 0 Å². The topological polar surface area (TPSA) is 46.3 Å². The Bertz CT molecular complexity index is 263. The molecule has 1 saturated carbocycles. The predicted molar refractivity (Wildman–Crippen MR) is 43.7 cm³/mol. The summed E-state index contributed by atoms with van der Waals surface area (Å²) >= 11 is 0. The first-order chi connectivity index (χ1) is 5.77. The van der Waals surface area contributed by atoms with Gasteiger partial charge in [-0.2, -0.15) is 0 Å². The zero-order valence-corrected chi connectivity index (χ0v) is 7.16. The molecular formula is C9H13NO2. The van der Waals surface area contributed by atoms with Crippen molar-refractivity contribution in [3.63, 3.8) is 0 Å². The zero-order valence-electron chi connectivity index (χ0n) is 7.16. The molecule has 0 aromatic carbocycles. The highest BCUT2D eigenvalue weighted by atomic mass is 16.3. The van der Waals surface area contributed by atoms with Crippen LogP contribution in [0.5, 0.6) is 0 Å². The first-order valence-electron chi connectivity index (χ1n) is 4.41. The number of hydrogen-bond donors (Lipinski definition) is 1. The Kier molecular flexibility index (Phi) is 1.89. The molecule has 1 unspecified atom stereocenters. The summed E-state index contributed by atoms with van der Waals surface area (Å²) in [4.78, 5) is 4.22. The summed E-state index contributed by atoms with van der Waals surface area (Å²) in [7, 11) is 0. The summed E-state index contributed by atoms with van der Waals surface area (Å²) in [6.07, 6.45) is 4.68. The van der Waals surface area contributed by atoms with Crippen LogP contribution in [0.2, 0.25) is 0 Å². The van der Waals surface area contributed by atoms with E-state index in [9.17, 15) is 5.11 Å². The standard InChI is InChI=1S/C9H13NO2/c1-6(11)8-5-12-9(10-8)7-3-2-4-7/h5-7,11H,2-4H2,1H3. The highest BCUT2D eigenvalue weighted by Gasteiger charge is 2.24. The maximum absolute atomic E-state index is 9.19. The number of oxazole rings is 1. The Labute approximate surface area is 71.4 Å². The van der Waals surface area contributed by atoms with Gasteiger partial charge in [0, 0.05) is 5.92 Å². The van der Waals surface area contributed by atoms with Gasteiger partial charge in [-0.3, -0.25) is 0 Å². The second-order valence-corrected chi connectivity index (χ2v) is 3.41. The van der Waals surface area contributed by atoms with Crippen LogP contribution in [0.4, 0.5) is 0 Å². The molecule has 12 heavy (non-hydrogen) atoms. The summed E-state index contributed by atoms with van der Waals surface area (Å²) in [5.41, 5.74) is 0.650. The SMILES string of the molecule is CC(O)c1coc(C2CCC2)n1. The minimum atomic E-state index is -0.512. The van der Waals surface area contributed by atoms with E-state index in [-0.39, 0.29) is 0 Å². The number of aliphatic hydroxyl groups excluding tert-OH is 1. The van der Waals surface area contributed by atoms with E-state index in [0.717, 1.165) is 5.89 Å². The number of nitrogens with zero attached hydrogens (tertiary/aromatic N) is 1. The van der Waals surface area contributed by atoms with Crippen LogP contribution in [-0.4, -0.2) is 10.1 Å². The van der Waals surface area contributed by atoms with Gasteiger partial charge in [-0.05, 0) is 19.8 Å². The minimum Gasteiger partial charge on any atom is -0.448 e. The molecule has 3 nitrogen and oxygen atoms in total. The third-order valence-electron chi connectivity index (χ3n) is 2.42. The molecule has 1 heterocycles. The van der Waals surface area contributed by atoms with Crippen molar-refractivity contribution in [2.24, 2.45) is 0 Å². The van der Waals surface area contributed by atoms with E-state index >= 15 is 0 Å². The summed E-state index contributed by atoms with van der Waals surface area (Å²) in [6, 6.07) is 0. The van der Waals surface area contributed by atoms with E-state index in [2.05, 4.69) is 4.98 Å². The van der Waals surface area contributed by atoms with Crippen LogP contribution in [0.15, 0.2) is 10.7 Å². The fraction of sp³-hybridized carbons (Fsp3) is 0.667. The van der Waals surface area contributed by atoms with Gasteiger partial charge in [0.15, 0.2) is 5.89 Å². The second kappa shape index (κ2) is 2.90. The van der Waals surface area contributed by atoms with Crippen molar-refractivity contribution in [3.8, 4) is 0 Å². The van der Waals surface area contributed by atoms with Crippen LogP contribution < -0.4 is 0 Å². The second-order valence-electron chi connectivity index (χ2n) is 3.41. The van der Waals surface area contributed by atoms with Crippen molar-refractivity contribution in [2.75, 3.05) is 0 Å². The summed E-state index contributed by atoms with van der Waals surface area (Å²) in [5.74, 6) is 1.31. The van der Waals surface area contributed by atoms with E-state index in [4.69, 9.17) is 4.42 Å². The Hall–Kier alpha value is -0.830. The van der Waals surface area contributed by atoms with E-state index < -0.39 is 6.10 Å². The minimum absolute atomic E-state index is 0.512. The van der Waals surface area contributed by atoms with Gasteiger partial charge in [0.05, 0.1) is 6.10 Å². The fourth-order valence-corrected chi connectivity index (χ4v) is 1.34. The largest absolute Gasteiger partial charge is 0.448 e. The highest BCUT2D eigenvalue weighted by molar-refractivity contribution is 5.04. The number of rotatable bonds is 2. The Morgan fingerprint density at radius 1 is 1.67 bits per heavy atom. The number of hydrogen-bond acceptors (Lipinski definition) is 3. The molecule has 3 heteroatoms. The van der Waals surface area contributed by atoms with Crippen molar-refractivity contribution in [3.05, 3.63) is 17.8 Å². The van der Waals surface area contributed by atoms with E-state index in [1.807, 2.05) is 0 Å². The lowest BCUT2D eigenvalue weighted by molar-refractivity contribution is 0.194. The van der Waals surface area contributed by atoms with Gasteiger partial charge >= 0.3 is 0 Å². The molecule has 1 aliphatic rings. The van der Waals surface area contributed by atoms with Crippen molar-refractivity contribution in [1.29, 1.82) is 0 Å². The van der Waals surface area contributed by atoms with Crippen molar-refractivity contribution >= 4 is 0 Å². The van der Waals surface area contributed by atoms with Gasteiger partial charge in [0.2, 0.25) is 0 Å². The molecule has 0 bridgehead atoms. The lowest BCUT2D eigenvalue weighted by Gasteiger charge is -2.21. The third kappa shape index (κ3) is 1.25. The molecule has 0 saturated heterocycles. The average molecular weight is 167 g/mol. The van der Waals surface area contributed by atoms with Gasteiger partial charge < -0.3 is 9.52 Å². The van der Waals surface area contributed by atoms with E-state index in [1.54, 1.807) is 13.2 Å². The van der Waals surface area contributed by atoms with Gasteiger partial charge in [-0.25, -0.2) is 4.98 Å². The quantitative estimate of drug-likeness (QED) is 0.732. The summed E-state index contributed by atoms with van der Waals surface area (Å²) in [5, 5.41) is 9.19. The molecular weight excluding hydrogens is 154 g/mol. The van der Waals surface area contributed by atoms with Crippen LogP contribution in [0.25, 0.3) is 0 Å². The molecule has 0 radical (unpaired) electrons. The summed E-state index contributed by atoms with van der Waals surface area (Å²) < 4.78 is 5.26. The Morgan fingerprint density at radius 2 is 2.42 bits per heavy atom. The van der Waals surface area contributed by atoms with Crippen molar-refractivity contribution in [2.45, 2.75) is 38.2 Å². The highest BCUT2D eigenvalue weighted by Crippen LogP contribution is 2.35.